The minimum absolute atomic E-state index is 0.177. The summed E-state index contributed by atoms with van der Waals surface area (Å²) in [6, 6.07) is 29.3. The molecule has 1 amide bonds. The molecule has 2 fully saturated rings. The van der Waals surface area contributed by atoms with Gasteiger partial charge in [0.05, 0.1) is 0 Å². The second-order valence-corrected chi connectivity index (χ2v) is 10.1. The fourth-order valence-electron chi connectivity index (χ4n) is 5.25. The lowest BCUT2D eigenvalue weighted by atomic mass is 9.94. The number of rotatable bonds is 8. The van der Waals surface area contributed by atoms with Gasteiger partial charge in [0.1, 0.15) is 12.4 Å². The topological polar surface area (TPSA) is 36.0 Å². The first kappa shape index (κ1) is 24.5. The lowest BCUT2D eigenvalue weighted by Gasteiger charge is -2.38. The maximum Gasteiger partial charge on any atom is 0.225 e. The molecule has 2 aliphatic rings. The van der Waals surface area contributed by atoms with Gasteiger partial charge in [0, 0.05) is 45.2 Å². The van der Waals surface area contributed by atoms with E-state index in [2.05, 4.69) is 81.4 Å². The van der Waals surface area contributed by atoms with Gasteiger partial charge >= 0.3 is 0 Å². The maximum absolute atomic E-state index is 13.2. The number of likely N-dealkylation sites (tertiary alicyclic amines) is 1. The molecule has 0 spiro atoms. The van der Waals surface area contributed by atoms with Crippen LogP contribution in [0.3, 0.4) is 0 Å². The number of benzene rings is 3. The van der Waals surface area contributed by atoms with Crippen LogP contribution in [0.15, 0.2) is 84.9 Å². The lowest BCUT2D eigenvalue weighted by molar-refractivity contribution is -0.139. The minimum Gasteiger partial charge on any atom is -0.489 e. The van der Waals surface area contributed by atoms with Gasteiger partial charge in [-0.25, -0.2) is 0 Å². The van der Waals surface area contributed by atoms with Crippen LogP contribution in [0.5, 0.6) is 5.75 Å². The molecule has 0 atom stereocenters. The van der Waals surface area contributed by atoms with Crippen molar-refractivity contribution < 1.29 is 9.53 Å². The second kappa shape index (κ2) is 12.2. The standard InChI is InChI=1S/C31H37N3O2/c35-31(34-21-19-33(20-22-34)23-26-7-3-1-4-8-26)29-15-17-32(18-16-29)24-27-11-13-30(14-12-27)36-25-28-9-5-2-6-10-28/h1-14,29H,15-25H2. The Morgan fingerprint density at radius 1 is 0.639 bits per heavy atom. The van der Waals surface area contributed by atoms with Gasteiger partial charge in [-0.1, -0.05) is 72.8 Å². The SMILES string of the molecule is O=C(C1CCN(Cc2ccc(OCc3ccccc3)cc2)CC1)N1CCN(Cc2ccccc2)CC1. The monoisotopic (exact) mass is 483 g/mol. The normalized spacial score (nSPS) is 17.7. The summed E-state index contributed by atoms with van der Waals surface area (Å²) >= 11 is 0. The van der Waals surface area contributed by atoms with Gasteiger partial charge < -0.3 is 9.64 Å². The summed E-state index contributed by atoms with van der Waals surface area (Å²) in [5, 5.41) is 0. The number of piperazine rings is 1. The van der Waals surface area contributed by atoms with Gasteiger partial charge in [-0.3, -0.25) is 14.6 Å². The highest BCUT2D eigenvalue weighted by Gasteiger charge is 2.30. The van der Waals surface area contributed by atoms with Crippen molar-refractivity contribution in [2.24, 2.45) is 5.92 Å². The minimum atomic E-state index is 0.177. The zero-order valence-electron chi connectivity index (χ0n) is 21.1. The van der Waals surface area contributed by atoms with Gasteiger partial charge in [0.25, 0.3) is 0 Å². The van der Waals surface area contributed by atoms with E-state index in [0.717, 1.165) is 70.9 Å². The summed E-state index contributed by atoms with van der Waals surface area (Å²) in [7, 11) is 0. The molecular formula is C31H37N3O2. The van der Waals surface area contributed by atoms with Crippen molar-refractivity contribution in [1.29, 1.82) is 0 Å². The molecule has 3 aromatic rings. The van der Waals surface area contributed by atoms with Gasteiger partial charge in [-0.2, -0.15) is 0 Å². The number of amides is 1. The summed E-state index contributed by atoms with van der Waals surface area (Å²) < 4.78 is 5.91. The lowest BCUT2D eigenvalue weighted by Crippen LogP contribution is -2.51. The molecule has 0 saturated carbocycles. The molecular weight excluding hydrogens is 446 g/mol. The molecule has 188 valence electrons. The van der Waals surface area contributed by atoms with Crippen molar-refractivity contribution in [3.63, 3.8) is 0 Å². The smallest absolute Gasteiger partial charge is 0.225 e. The molecule has 0 N–H and O–H groups in total. The molecule has 0 unspecified atom stereocenters. The number of nitrogens with zero attached hydrogens (tertiary/aromatic N) is 3. The molecule has 5 rings (SSSR count). The molecule has 36 heavy (non-hydrogen) atoms. The van der Waals surface area contributed by atoms with Crippen LogP contribution < -0.4 is 4.74 Å². The van der Waals surface area contributed by atoms with Gasteiger partial charge in [-0.15, -0.1) is 0 Å². The van der Waals surface area contributed by atoms with E-state index < -0.39 is 0 Å². The first-order chi connectivity index (χ1) is 17.7. The Hall–Kier alpha value is -3.15. The van der Waals surface area contributed by atoms with Crippen molar-refractivity contribution in [3.05, 3.63) is 102 Å². The Balaban J connectivity index is 1.02. The Bertz CT molecular complexity index is 1070. The van der Waals surface area contributed by atoms with E-state index in [4.69, 9.17) is 4.74 Å². The molecule has 5 nitrogen and oxygen atoms in total. The first-order valence-electron chi connectivity index (χ1n) is 13.3. The van der Waals surface area contributed by atoms with Crippen LogP contribution in [0.4, 0.5) is 0 Å². The van der Waals surface area contributed by atoms with Crippen molar-refractivity contribution in [2.75, 3.05) is 39.3 Å². The van der Waals surface area contributed by atoms with Gasteiger partial charge in [0.2, 0.25) is 5.91 Å². The van der Waals surface area contributed by atoms with Crippen molar-refractivity contribution in [2.45, 2.75) is 32.5 Å². The largest absolute Gasteiger partial charge is 0.489 e. The predicted molar refractivity (Wildman–Crippen MR) is 144 cm³/mol. The highest BCUT2D eigenvalue weighted by molar-refractivity contribution is 5.79. The van der Waals surface area contributed by atoms with E-state index in [1.807, 2.05) is 18.2 Å². The Labute approximate surface area is 215 Å². The zero-order valence-corrected chi connectivity index (χ0v) is 21.1. The van der Waals surface area contributed by atoms with E-state index in [9.17, 15) is 4.79 Å². The predicted octanol–water partition coefficient (Wildman–Crippen LogP) is 4.82. The molecule has 0 aromatic heterocycles. The fraction of sp³-hybridized carbons (Fsp3) is 0.387. The number of hydrogen-bond donors (Lipinski definition) is 0. The molecule has 5 heteroatoms. The maximum atomic E-state index is 13.2. The number of piperidine rings is 1. The molecule has 0 aliphatic carbocycles. The average Bonchev–Trinajstić information content (AvgIpc) is 2.94. The quantitative estimate of drug-likeness (QED) is 0.460. The molecule has 2 saturated heterocycles. The van der Waals surface area contributed by atoms with Crippen LogP contribution >= 0.6 is 0 Å². The van der Waals surface area contributed by atoms with Crippen LogP contribution in [-0.4, -0.2) is 59.9 Å². The number of ether oxygens (including phenoxy) is 1. The number of hydrogen-bond acceptors (Lipinski definition) is 4. The Kier molecular flexibility index (Phi) is 8.32. The molecule has 0 radical (unpaired) electrons. The summed E-state index contributed by atoms with van der Waals surface area (Å²) in [6.45, 7) is 8.08. The highest BCUT2D eigenvalue weighted by Crippen LogP contribution is 2.23. The van der Waals surface area contributed by atoms with Crippen molar-refractivity contribution >= 4 is 5.91 Å². The summed E-state index contributed by atoms with van der Waals surface area (Å²) in [5.74, 6) is 1.44. The van der Waals surface area contributed by atoms with Crippen LogP contribution in [0.1, 0.15) is 29.5 Å². The average molecular weight is 484 g/mol. The van der Waals surface area contributed by atoms with Crippen molar-refractivity contribution in [3.8, 4) is 5.75 Å². The van der Waals surface area contributed by atoms with Crippen LogP contribution in [0.2, 0.25) is 0 Å². The van der Waals surface area contributed by atoms with Gasteiger partial charge in [-0.05, 0) is 54.8 Å². The third-order valence-electron chi connectivity index (χ3n) is 7.45. The van der Waals surface area contributed by atoms with Crippen LogP contribution in [-0.2, 0) is 24.5 Å². The van der Waals surface area contributed by atoms with E-state index in [-0.39, 0.29) is 5.92 Å². The van der Waals surface area contributed by atoms with Crippen LogP contribution in [0.25, 0.3) is 0 Å². The second-order valence-electron chi connectivity index (χ2n) is 10.1. The number of carbonyl (C=O) groups is 1. The number of carbonyl (C=O) groups excluding carboxylic acids is 1. The Morgan fingerprint density at radius 2 is 1.17 bits per heavy atom. The van der Waals surface area contributed by atoms with E-state index in [1.165, 1.54) is 16.7 Å². The third kappa shape index (κ3) is 6.74. The molecule has 2 aliphatic heterocycles. The summed E-state index contributed by atoms with van der Waals surface area (Å²) in [4.78, 5) is 20.2. The highest BCUT2D eigenvalue weighted by atomic mass is 16.5. The van der Waals surface area contributed by atoms with Crippen LogP contribution in [0, 0.1) is 5.92 Å². The Morgan fingerprint density at radius 3 is 1.78 bits per heavy atom. The summed E-state index contributed by atoms with van der Waals surface area (Å²) in [5.41, 5.74) is 3.81. The third-order valence-corrected chi connectivity index (χ3v) is 7.45. The van der Waals surface area contributed by atoms with Crippen molar-refractivity contribution in [1.82, 2.24) is 14.7 Å². The van der Waals surface area contributed by atoms with E-state index in [0.29, 0.717) is 12.5 Å². The van der Waals surface area contributed by atoms with Gasteiger partial charge in [0.15, 0.2) is 0 Å². The first-order valence-corrected chi connectivity index (χ1v) is 13.3. The van der Waals surface area contributed by atoms with E-state index >= 15 is 0 Å². The summed E-state index contributed by atoms with van der Waals surface area (Å²) in [6.07, 6.45) is 1.92. The zero-order chi connectivity index (χ0) is 24.6. The molecule has 3 aromatic carbocycles. The molecule has 2 heterocycles. The molecule has 0 bridgehead atoms. The van der Waals surface area contributed by atoms with E-state index in [1.54, 1.807) is 0 Å². The fourth-order valence-corrected chi connectivity index (χ4v) is 5.25.